The molecule has 3 heteroatoms. The minimum Gasteiger partial charge on any atom is -0.493 e. The standard InChI is InChI=1S/C15H25NO2/c1-5-8-16-10-13(3)11-18-14-7-6-12(2)9-15(14)17-4/h6-7,9,13,16H,5,8,10-11H2,1-4H3. The molecular formula is C15H25NO2. The van der Waals surface area contributed by atoms with Gasteiger partial charge in [-0.15, -0.1) is 0 Å². The van der Waals surface area contributed by atoms with Crippen LogP contribution in [0.25, 0.3) is 0 Å². The molecule has 1 aromatic rings. The molecule has 0 bridgehead atoms. The molecule has 0 radical (unpaired) electrons. The number of benzene rings is 1. The largest absolute Gasteiger partial charge is 0.493 e. The molecule has 1 rings (SSSR count). The smallest absolute Gasteiger partial charge is 0.161 e. The fourth-order valence-corrected chi connectivity index (χ4v) is 1.71. The molecule has 0 saturated heterocycles. The van der Waals surface area contributed by atoms with Gasteiger partial charge in [0.1, 0.15) is 0 Å². The van der Waals surface area contributed by atoms with Crippen LogP contribution in [0.2, 0.25) is 0 Å². The second-order valence-corrected chi connectivity index (χ2v) is 4.77. The summed E-state index contributed by atoms with van der Waals surface area (Å²) in [6.45, 7) is 9.16. The monoisotopic (exact) mass is 251 g/mol. The molecule has 1 aromatic carbocycles. The maximum absolute atomic E-state index is 5.81. The highest BCUT2D eigenvalue weighted by Crippen LogP contribution is 2.27. The van der Waals surface area contributed by atoms with Gasteiger partial charge in [0.15, 0.2) is 11.5 Å². The number of ether oxygens (including phenoxy) is 2. The van der Waals surface area contributed by atoms with Gasteiger partial charge in [0.2, 0.25) is 0 Å². The first-order valence-electron chi connectivity index (χ1n) is 6.65. The first kappa shape index (κ1) is 14.8. The molecular weight excluding hydrogens is 226 g/mol. The van der Waals surface area contributed by atoms with Crippen LogP contribution >= 0.6 is 0 Å². The summed E-state index contributed by atoms with van der Waals surface area (Å²) in [7, 11) is 1.67. The first-order valence-corrected chi connectivity index (χ1v) is 6.65. The van der Waals surface area contributed by atoms with Crippen LogP contribution in [0, 0.1) is 12.8 Å². The number of hydrogen-bond donors (Lipinski definition) is 1. The van der Waals surface area contributed by atoms with Crippen molar-refractivity contribution in [3.05, 3.63) is 23.8 Å². The van der Waals surface area contributed by atoms with Crippen LogP contribution in [0.3, 0.4) is 0 Å². The van der Waals surface area contributed by atoms with Gasteiger partial charge in [-0.05, 0) is 37.6 Å². The van der Waals surface area contributed by atoms with Crippen molar-refractivity contribution >= 4 is 0 Å². The Labute approximate surface area is 110 Å². The number of rotatable bonds is 8. The van der Waals surface area contributed by atoms with Gasteiger partial charge in [-0.25, -0.2) is 0 Å². The van der Waals surface area contributed by atoms with E-state index < -0.39 is 0 Å². The zero-order valence-corrected chi connectivity index (χ0v) is 12.0. The maximum Gasteiger partial charge on any atom is 0.161 e. The van der Waals surface area contributed by atoms with Crippen molar-refractivity contribution < 1.29 is 9.47 Å². The highest BCUT2D eigenvalue weighted by Gasteiger charge is 2.07. The van der Waals surface area contributed by atoms with E-state index in [2.05, 4.69) is 19.2 Å². The average Bonchev–Trinajstić information content (AvgIpc) is 2.37. The summed E-state index contributed by atoms with van der Waals surface area (Å²) in [4.78, 5) is 0. The van der Waals surface area contributed by atoms with Crippen LogP contribution in [0.1, 0.15) is 25.8 Å². The molecule has 1 N–H and O–H groups in total. The molecule has 0 aliphatic heterocycles. The van der Waals surface area contributed by atoms with Crippen LogP contribution < -0.4 is 14.8 Å². The molecule has 0 aliphatic rings. The molecule has 0 amide bonds. The number of methoxy groups -OCH3 is 1. The molecule has 0 aromatic heterocycles. The Morgan fingerprint density at radius 3 is 2.72 bits per heavy atom. The van der Waals surface area contributed by atoms with E-state index in [0.29, 0.717) is 12.5 Å². The number of hydrogen-bond acceptors (Lipinski definition) is 3. The lowest BCUT2D eigenvalue weighted by atomic mass is 10.2. The van der Waals surface area contributed by atoms with E-state index in [0.717, 1.165) is 24.6 Å². The molecule has 102 valence electrons. The zero-order valence-electron chi connectivity index (χ0n) is 12.0. The van der Waals surface area contributed by atoms with Crippen LogP contribution in [0.5, 0.6) is 11.5 Å². The van der Waals surface area contributed by atoms with E-state index in [9.17, 15) is 0 Å². The average molecular weight is 251 g/mol. The summed E-state index contributed by atoms with van der Waals surface area (Å²) in [5.74, 6) is 2.12. The van der Waals surface area contributed by atoms with Gasteiger partial charge in [0, 0.05) is 12.5 Å². The van der Waals surface area contributed by atoms with E-state index >= 15 is 0 Å². The van der Waals surface area contributed by atoms with Crippen LogP contribution in [0.15, 0.2) is 18.2 Å². The second kappa shape index (κ2) is 7.98. The fourth-order valence-electron chi connectivity index (χ4n) is 1.71. The lowest BCUT2D eigenvalue weighted by Crippen LogP contribution is -2.25. The van der Waals surface area contributed by atoms with E-state index in [4.69, 9.17) is 9.47 Å². The van der Waals surface area contributed by atoms with Crippen molar-refractivity contribution in [1.82, 2.24) is 5.32 Å². The topological polar surface area (TPSA) is 30.5 Å². The molecule has 0 saturated carbocycles. The highest BCUT2D eigenvalue weighted by atomic mass is 16.5. The molecule has 1 unspecified atom stereocenters. The van der Waals surface area contributed by atoms with Gasteiger partial charge in [-0.1, -0.05) is 19.9 Å². The molecule has 1 atom stereocenters. The van der Waals surface area contributed by atoms with Crippen molar-refractivity contribution in [2.45, 2.75) is 27.2 Å². The minimum absolute atomic E-state index is 0.488. The summed E-state index contributed by atoms with van der Waals surface area (Å²) in [6, 6.07) is 6.01. The third-order valence-electron chi connectivity index (χ3n) is 2.76. The molecule has 0 heterocycles. The fraction of sp³-hybridized carbons (Fsp3) is 0.600. The van der Waals surface area contributed by atoms with Gasteiger partial charge in [0.05, 0.1) is 13.7 Å². The van der Waals surface area contributed by atoms with Crippen LogP contribution in [-0.4, -0.2) is 26.8 Å². The molecule has 0 fully saturated rings. The van der Waals surface area contributed by atoms with Gasteiger partial charge >= 0.3 is 0 Å². The normalized spacial score (nSPS) is 12.2. The predicted molar refractivity (Wildman–Crippen MR) is 75.6 cm³/mol. The first-order chi connectivity index (χ1) is 8.67. The van der Waals surface area contributed by atoms with E-state index in [1.54, 1.807) is 7.11 Å². The Morgan fingerprint density at radius 1 is 1.28 bits per heavy atom. The SMILES string of the molecule is CCCNCC(C)COc1ccc(C)cc1OC. The van der Waals surface area contributed by atoms with Gasteiger partial charge in [-0.2, -0.15) is 0 Å². The minimum atomic E-state index is 0.488. The molecule has 0 spiro atoms. The van der Waals surface area contributed by atoms with Crippen molar-refractivity contribution in [3.63, 3.8) is 0 Å². The Balaban J connectivity index is 2.42. The summed E-state index contributed by atoms with van der Waals surface area (Å²) in [5, 5.41) is 3.40. The van der Waals surface area contributed by atoms with Crippen LogP contribution in [0.4, 0.5) is 0 Å². The Bertz CT molecular complexity index is 352. The second-order valence-electron chi connectivity index (χ2n) is 4.77. The summed E-state index contributed by atoms with van der Waals surface area (Å²) in [5.41, 5.74) is 1.18. The van der Waals surface area contributed by atoms with E-state index in [-0.39, 0.29) is 0 Å². The van der Waals surface area contributed by atoms with Crippen molar-refractivity contribution in [2.24, 2.45) is 5.92 Å². The van der Waals surface area contributed by atoms with Crippen molar-refractivity contribution in [1.29, 1.82) is 0 Å². The molecule has 0 aliphatic carbocycles. The van der Waals surface area contributed by atoms with Gasteiger partial charge < -0.3 is 14.8 Å². The van der Waals surface area contributed by atoms with Gasteiger partial charge in [-0.3, -0.25) is 0 Å². The van der Waals surface area contributed by atoms with E-state index in [1.807, 2.05) is 25.1 Å². The lowest BCUT2D eigenvalue weighted by molar-refractivity contribution is 0.244. The summed E-state index contributed by atoms with van der Waals surface area (Å²) >= 11 is 0. The quantitative estimate of drug-likeness (QED) is 0.720. The number of aryl methyl sites for hydroxylation is 1. The maximum atomic E-state index is 5.81. The predicted octanol–water partition coefficient (Wildman–Crippen LogP) is 3.02. The van der Waals surface area contributed by atoms with Crippen molar-refractivity contribution in [2.75, 3.05) is 26.8 Å². The summed E-state index contributed by atoms with van der Waals surface area (Å²) in [6.07, 6.45) is 1.17. The molecule has 18 heavy (non-hydrogen) atoms. The third kappa shape index (κ3) is 4.96. The highest BCUT2D eigenvalue weighted by molar-refractivity contribution is 5.42. The van der Waals surface area contributed by atoms with Crippen molar-refractivity contribution in [3.8, 4) is 11.5 Å². The Hall–Kier alpha value is -1.22. The van der Waals surface area contributed by atoms with Gasteiger partial charge in [0.25, 0.3) is 0 Å². The van der Waals surface area contributed by atoms with Crippen LogP contribution in [-0.2, 0) is 0 Å². The lowest BCUT2D eigenvalue weighted by Gasteiger charge is -2.15. The van der Waals surface area contributed by atoms with E-state index in [1.165, 1.54) is 12.0 Å². The zero-order chi connectivity index (χ0) is 13.4. The summed E-state index contributed by atoms with van der Waals surface area (Å²) < 4.78 is 11.1. The molecule has 3 nitrogen and oxygen atoms in total. The number of nitrogens with one attached hydrogen (secondary N) is 1. The Morgan fingerprint density at radius 2 is 2.06 bits per heavy atom. The third-order valence-corrected chi connectivity index (χ3v) is 2.76. The Kier molecular flexibility index (Phi) is 6.58.